The van der Waals surface area contributed by atoms with E-state index in [0.717, 1.165) is 11.0 Å². The summed E-state index contributed by atoms with van der Waals surface area (Å²) < 4.78 is 22.9. The number of primary sulfonamides is 1. The first-order chi connectivity index (χ1) is 12.7. The first-order valence-electron chi connectivity index (χ1n) is 8.07. The third-order valence-corrected chi connectivity index (χ3v) is 5.72. The molecule has 0 aliphatic heterocycles. The smallest absolute Gasteiger partial charge is 0.293 e. The van der Waals surface area contributed by atoms with E-state index < -0.39 is 14.9 Å². The van der Waals surface area contributed by atoms with Gasteiger partial charge in [-0.05, 0) is 38.4 Å². The lowest BCUT2D eigenvalue weighted by Gasteiger charge is -2.23. The van der Waals surface area contributed by atoms with Crippen molar-refractivity contribution in [3.63, 3.8) is 0 Å². The van der Waals surface area contributed by atoms with Crippen LogP contribution < -0.4 is 10.5 Å². The SMILES string of the molecule is CN(C)C[C@H](CSc1ccccc1)Nc1ccc(S(N)(=O)=O)cc1[N+](=O)[O-]. The van der Waals surface area contributed by atoms with Gasteiger partial charge in [-0.3, -0.25) is 10.1 Å². The quantitative estimate of drug-likeness (QED) is 0.370. The summed E-state index contributed by atoms with van der Waals surface area (Å²) in [5.74, 6) is 0.677. The van der Waals surface area contributed by atoms with Crippen molar-refractivity contribution in [3.8, 4) is 0 Å². The van der Waals surface area contributed by atoms with Crippen LogP contribution in [0, 0.1) is 10.1 Å². The summed E-state index contributed by atoms with van der Waals surface area (Å²) in [7, 11) is -0.180. The standard InChI is InChI=1S/C17H22N4O4S2/c1-20(2)11-13(12-26-14-6-4-3-5-7-14)19-16-9-8-15(27(18,24)25)10-17(16)21(22)23/h3-10,13,19H,11-12H2,1-2H3,(H2,18,24,25)/t13-/m1/s1. The number of benzene rings is 2. The summed E-state index contributed by atoms with van der Waals surface area (Å²) in [5, 5.41) is 19.6. The molecule has 0 aromatic heterocycles. The van der Waals surface area contributed by atoms with Crippen LogP contribution in [0.25, 0.3) is 0 Å². The number of nitro groups is 1. The van der Waals surface area contributed by atoms with Gasteiger partial charge >= 0.3 is 0 Å². The van der Waals surface area contributed by atoms with Crippen molar-refractivity contribution in [1.29, 1.82) is 0 Å². The van der Waals surface area contributed by atoms with Crippen molar-refractivity contribution in [3.05, 3.63) is 58.6 Å². The minimum absolute atomic E-state index is 0.0933. The molecule has 0 aliphatic carbocycles. The Bertz CT molecular complexity index is 889. The summed E-state index contributed by atoms with van der Waals surface area (Å²) in [6.45, 7) is 0.647. The summed E-state index contributed by atoms with van der Waals surface area (Å²) >= 11 is 1.64. The van der Waals surface area contributed by atoms with Gasteiger partial charge in [0.2, 0.25) is 10.0 Å². The fourth-order valence-electron chi connectivity index (χ4n) is 2.48. The van der Waals surface area contributed by atoms with E-state index in [1.807, 2.05) is 49.3 Å². The molecule has 0 unspecified atom stereocenters. The minimum Gasteiger partial charge on any atom is -0.375 e. The molecule has 2 rings (SSSR count). The van der Waals surface area contributed by atoms with Gasteiger partial charge in [0.1, 0.15) is 5.69 Å². The highest BCUT2D eigenvalue weighted by Gasteiger charge is 2.21. The summed E-state index contributed by atoms with van der Waals surface area (Å²) in [4.78, 5) is 13.6. The Kier molecular flexibility index (Phi) is 7.19. The predicted molar refractivity (Wildman–Crippen MR) is 108 cm³/mol. The number of nitrogens with zero attached hydrogens (tertiary/aromatic N) is 2. The molecule has 0 bridgehead atoms. The number of sulfonamides is 1. The fourth-order valence-corrected chi connectivity index (χ4v) is 3.94. The maximum absolute atomic E-state index is 11.5. The maximum Gasteiger partial charge on any atom is 0.293 e. The van der Waals surface area contributed by atoms with E-state index >= 15 is 0 Å². The zero-order valence-electron chi connectivity index (χ0n) is 15.0. The number of likely N-dealkylation sites (N-methyl/N-ethyl adjacent to an activating group) is 1. The zero-order valence-corrected chi connectivity index (χ0v) is 16.7. The van der Waals surface area contributed by atoms with Crippen molar-refractivity contribution < 1.29 is 13.3 Å². The lowest BCUT2D eigenvalue weighted by atomic mass is 10.2. The Hall–Kier alpha value is -2.14. The Balaban J connectivity index is 2.23. The molecule has 2 aromatic carbocycles. The van der Waals surface area contributed by atoms with Crippen LogP contribution in [-0.4, -0.2) is 50.7 Å². The molecule has 0 spiro atoms. The van der Waals surface area contributed by atoms with Gasteiger partial charge in [-0.15, -0.1) is 11.8 Å². The van der Waals surface area contributed by atoms with E-state index in [1.54, 1.807) is 11.8 Å². The molecular formula is C17H22N4O4S2. The fraction of sp³-hybridized carbons (Fsp3) is 0.294. The first kappa shape index (κ1) is 21.2. The third-order valence-electron chi connectivity index (χ3n) is 3.63. The lowest BCUT2D eigenvalue weighted by Crippen LogP contribution is -2.34. The van der Waals surface area contributed by atoms with Crippen LogP contribution in [0.1, 0.15) is 0 Å². The van der Waals surface area contributed by atoms with Gasteiger partial charge < -0.3 is 10.2 Å². The van der Waals surface area contributed by atoms with Gasteiger partial charge in [0.25, 0.3) is 5.69 Å². The molecule has 0 fully saturated rings. The summed E-state index contributed by atoms with van der Waals surface area (Å²) in [5.41, 5.74) is -0.0668. The second-order valence-corrected chi connectivity index (χ2v) is 8.86. The van der Waals surface area contributed by atoms with Crippen LogP contribution in [0.2, 0.25) is 0 Å². The van der Waals surface area contributed by atoms with Gasteiger partial charge in [-0.2, -0.15) is 0 Å². The van der Waals surface area contributed by atoms with E-state index in [4.69, 9.17) is 5.14 Å². The first-order valence-corrected chi connectivity index (χ1v) is 10.6. The highest BCUT2D eigenvalue weighted by molar-refractivity contribution is 7.99. The zero-order chi connectivity index (χ0) is 20.0. The molecule has 0 radical (unpaired) electrons. The number of hydrogen-bond acceptors (Lipinski definition) is 7. The second kappa shape index (κ2) is 9.18. The molecule has 10 heteroatoms. The van der Waals surface area contributed by atoms with E-state index in [9.17, 15) is 18.5 Å². The average molecular weight is 411 g/mol. The Morgan fingerprint density at radius 1 is 1.22 bits per heavy atom. The number of nitro benzene ring substituents is 1. The molecular weight excluding hydrogens is 388 g/mol. The molecule has 0 amide bonds. The molecule has 2 aromatic rings. The molecule has 0 heterocycles. The Labute approximate surface area is 162 Å². The Morgan fingerprint density at radius 2 is 1.89 bits per heavy atom. The van der Waals surface area contributed by atoms with Crippen molar-refractivity contribution in [1.82, 2.24) is 4.90 Å². The highest BCUT2D eigenvalue weighted by atomic mass is 32.2. The number of anilines is 1. The topological polar surface area (TPSA) is 119 Å². The monoisotopic (exact) mass is 410 g/mol. The minimum atomic E-state index is -4.01. The number of nitrogens with one attached hydrogen (secondary N) is 1. The normalized spacial score (nSPS) is 12.7. The average Bonchev–Trinajstić information content (AvgIpc) is 2.59. The summed E-state index contributed by atoms with van der Waals surface area (Å²) in [6.07, 6.45) is 0. The number of hydrogen-bond donors (Lipinski definition) is 2. The van der Waals surface area contributed by atoms with Gasteiger partial charge in [0, 0.05) is 29.3 Å². The third kappa shape index (κ3) is 6.51. The molecule has 0 saturated carbocycles. The van der Waals surface area contributed by atoms with Crippen molar-refractivity contribution in [2.45, 2.75) is 15.8 Å². The number of nitrogens with two attached hydrogens (primary N) is 1. The van der Waals surface area contributed by atoms with Crippen molar-refractivity contribution in [2.24, 2.45) is 5.14 Å². The molecule has 146 valence electrons. The van der Waals surface area contributed by atoms with Crippen LogP contribution in [0.3, 0.4) is 0 Å². The van der Waals surface area contributed by atoms with Crippen LogP contribution in [0.4, 0.5) is 11.4 Å². The molecule has 3 N–H and O–H groups in total. The van der Waals surface area contributed by atoms with Crippen LogP contribution in [-0.2, 0) is 10.0 Å². The summed E-state index contributed by atoms with van der Waals surface area (Å²) in [6, 6.07) is 13.4. The van der Waals surface area contributed by atoms with E-state index in [-0.39, 0.29) is 22.3 Å². The van der Waals surface area contributed by atoms with E-state index in [1.165, 1.54) is 12.1 Å². The van der Waals surface area contributed by atoms with Gasteiger partial charge in [-0.25, -0.2) is 13.6 Å². The van der Waals surface area contributed by atoms with Gasteiger partial charge in [0.05, 0.1) is 9.82 Å². The van der Waals surface area contributed by atoms with E-state index in [0.29, 0.717) is 12.3 Å². The van der Waals surface area contributed by atoms with Gasteiger partial charge in [0.15, 0.2) is 0 Å². The van der Waals surface area contributed by atoms with Crippen molar-refractivity contribution in [2.75, 3.05) is 31.7 Å². The van der Waals surface area contributed by atoms with Gasteiger partial charge in [-0.1, -0.05) is 18.2 Å². The number of rotatable bonds is 9. The van der Waals surface area contributed by atoms with Crippen LogP contribution >= 0.6 is 11.8 Å². The molecule has 27 heavy (non-hydrogen) atoms. The molecule has 0 aliphatic rings. The van der Waals surface area contributed by atoms with Crippen LogP contribution in [0.15, 0.2) is 58.3 Å². The van der Waals surface area contributed by atoms with Crippen molar-refractivity contribution >= 4 is 33.2 Å². The molecule has 0 saturated heterocycles. The number of thioether (sulfide) groups is 1. The highest BCUT2D eigenvalue weighted by Crippen LogP contribution is 2.29. The van der Waals surface area contributed by atoms with E-state index in [2.05, 4.69) is 5.32 Å². The Morgan fingerprint density at radius 3 is 2.44 bits per heavy atom. The second-order valence-electron chi connectivity index (χ2n) is 6.21. The predicted octanol–water partition coefficient (Wildman–Crippen LogP) is 2.38. The van der Waals surface area contributed by atoms with Crippen LogP contribution in [0.5, 0.6) is 0 Å². The molecule has 8 nitrogen and oxygen atoms in total. The largest absolute Gasteiger partial charge is 0.375 e. The lowest BCUT2D eigenvalue weighted by molar-refractivity contribution is -0.384. The maximum atomic E-state index is 11.5. The molecule has 1 atom stereocenters.